The quantitative estimate of drug-likeness (QED) is 0.805. The number of aromatic nitrogens is 2. The minimum atomic E-state index is -2.94. The lowest BCUT2D eigenvalue weighted by Gasteiger charge is -2.04. The molecule has 0 amide bonds. The number of nitrogens with two attached hydrogens (primary N) is 1. The van der Waals surface area contributed by atoms with Crippen LogP contribution in [-0.4, -0.2) is 29.7 Å². The fourth-order valence-corrected chi connectivity index (χ4v) is 2.68. The minimum Gasteiger partial charge on any atom is -0.382 e. The Morgan fingerprint density at radius 3 is 2.60 bits per heavy atom. The van der Waals surface area contributed by atoms with Gasteiger partial charge in [0.1, 0.15) is 5.82 Å². The third-order valence-corrected chi connectivity index (χ3v) is 3.96. The Balaban J connectivity index is 2.61. The lowest BCUT2D eigenvalue weighted by atomic mass is 10.5. The monoisotopic (exact) mass is 231 g/mol. The van der Waals surface area contributed by atoms with E-state index < -0.39 is 9.84 Å². The first-order valence-electron chi connectivity index (χ1n) is 4.95. The van der Waals surface area contributed by atoms with Crippen LogP contribution >= 0.6 is 0 Å². The molecule has 2 N–H and O–H groups in total. The van der Waals surface area contributed by atoms with E-state index in [1.165, 1.54) is 0 Å². The van der Waals surface area contributed by atoms with E-state index in [-0.39, 0.29) is 11.5 Å². The van der Waals surface area contributed by atoms with Crippen LogP contribution in [0.4, 0.5) is 5.82 Å². The van der Waals surface area contributed by atoms with Crippen molar-refractivity contribution in [3.05, 3.63) is 11.8 Å². The summed E-state index contributed by atoms with van der Waals surface area (Å²) in [5.41, 5.74) is 6.38. The van der Waals surface area contributed by atoms with Gasteiger partial charge in [-0.15, -0.1) is 0 Å². The van der Waals surface area contributed by atoms with Gasteiger partial charge in [-0.3, -0.25) is 4.68 Å². The molecule has 1 rings (SSSR count). The topological polar surface area (TPSA) is 78.0 Å². The van der Waals surface area contributed by atoms with Crippen LogP contribution in [0.25, 0.3) is 0 Å². The summed E-state index contributed by atoms with van der Waals surface area (Å²) in [4.78, 5) is 0. The molecule has 0 atom stereocenters. The average Bonchev–Trinajstić information content (AvgIpc) is 2.42. The molecule has 0 radical (unpaired) electrons. The molecule has 5 nitrogen and oxygen atoms in total. The second-order valence-electron chi connectivity index (χ2n) is 3.59. The molecule has 1 heterocycles. The Hall–Kier alpha value is -1.04. The Morgan fingerprint density at radius 1 is 1.47 bits per heavy atom. The van der Waals surface area contributed by atoms with E-state index in [2.05, 4.69) is 5.10 Å². The van der Waals surface area contributed by atoms with Gasteiger partial charge in [-0.05, 0) is 13.3 Å². The average molecular weight is 231 g/mol. The van der Waals surface area contributed by atoms with Crippen molar-refractivity contribution in [3.8, 4) is 0 Å². The first-order chi connectivity index (χ1) is 6.94. The van der Waals surface area contributed by atoms with Gasteiger partial charge in [-0.1, -0.05) is 6.92 Å². The number of anilines is 1. The summed E-state index contributed by atoms with van der Waals surface area (Å²) < 4.78 is 24.5. The Labute approximate surface area is 90.2 Å². The van der Waals surface area contributed by atoms with Gasteiger partial charge in [0.05, 0.1) is 12.3 Å². The number of rotatable bonds is 5. The van der Waals surface area contributed by atoms with Crippen LogP contribution in [-0.2, 0) is 16.4 Å². The first kappa shape index (κ1) is 12.0. The van der Waals surface area contributed by atoms with Crippen molar-refractivity contribution in [1.29, 1.82) is 0 Å². The zero-order chi connectivity index (χ0) is 11.5. The largest absolute Gasteiger partial charge is 0.382 e. The molecule has 0 aliphatic heterocycles. The Morgan fingerprint density at radius 2 is 2.13 bits per heavy atom. The van der Waals surface area contributed by atoms with Crippen LogP contribution in [0, 0.1) is 6.92 Å². The van der Waals surface area contributed by atoms with Gasteiger partial charge in [-0.25, -0.2) is 8.42 Å². The predicted octanol–water partition coefficient (Wildman–Crippen LogP) is 0.599. The van der Waals surface area contributed by atoms with E-state index in [0.717, 1.165) is 5.69 Å². The highest BCUT2D eigenvalue weighted by molar-refractivity contribution is 7.91. The fraction of sp³-hybridized carbons (Fsp3) is 0.667. The highest BCUT2D eigenvalue weighted by atomic mass is 32.2. The molecule has 0 aliphatic rings. The van der Waals surface area contributed by atoms with Gasteiger partial charge in [0.25, 0.3) is 0 Å². The van der Waals surface area contributed by atoms with Gasteiger partial charge in [0.2, 0.25) is 0 Å². The maximum atomic E-state index is 11.4. The molecular formula is C9H17N3O2S. The molecule has 15 heavy (non-hydrogen) atoms. The zero-order valence-corrected chi connectivity index (χ0v) is 9.92. The Kier molecular flexibility index (Phi) is 3.73. The molecule has 0 fully saturated rings. The fourth-order valence-electron chi connectivity index (χ4n) is 1.40. The van der Waals surface area contributed by atoms with E-state index >= 15 is 0 Å². The molecule has 0 aliphatic carbocycles. The SMILES string of the molecule is CCCS(=O)(=O)CCn1nc(N)cc1C. The van der Waals surface area contributed by atoms with Gasteiger partial charge in [0, 0.05) is 17.5 Å². The van der Waals surface area contributed by atoms with Gasteiger partial charge in [-0.2, -0.15) is 5.10 Å². The number of aryl methyl sites for hydroxylation is 2. The van der Waals surface area contributed by atoms with Crippen molar-refractivity contribution in [2.45, 2.75) is 26.8 Å². The predicted molar refractivity (Wildman–Crippen MR) is 60.3 cm³/mol. The van der Waals surface area contributed by atoms with Crippen LogP contribution in [0.15, 0.2) is 6.07 Å². The van der Waals surface area contributed by atoms with Gasteiger partial charge >= 0.3 is 0 Å². The number of hydrogen-bond acceptors (Lipinski definition) is 4. The smallest absolute Gasteiger partial charge is 0.152 e. The van der Waals surface area contributed by atoms with E-state index in [4.69, 9.17) is 5.73 Å². The summed E-state index contributed by atoms with van der Waals surface area (Å²) >= 11 is 0. The lowest BCUT2D eigenvalue weighted by molar-refractivity contribution is 0.576. The number of nitrogens with zero attached hydrogens (tertiary/aromatic N) is 2. The van der Waals surface area contributed by atoms with Crippen molar-refractivity contribution in [1.82, 2.24) is 9.78 Å². The van der Waals surface area contributed by atoms with E-state index in [0.29, 0.717) is 18.8 Å². The highest BCUT2D eigenvalue weighted by Gasteiger charge is 2.10. The summed E-state index contributed by atoms with van der Waals surface area (Å²) in [6, 6.07) is 1.73. The molecule has 86 valence electrons. The van der Waals surface area contributed by atoms with Crippen molar-refractivity contribution < 1.29 is 8.42 Å². The maximum Gasteiger partial charge on any atom is 0.152 e. The minimum absolute atomic E-state index is 0.128. The molecule has 0 bridgehead atoms. The standard InChI is InChI=1S/C9H17N3O2S/c1-3-5-15(13,14)6-4-12-8(2)7-9(10)11-12/h7H,3-6H2,1-2H3,(H2,10,11). The number of nitrogen functional groups attached to an aromatic ring is 1. The van der Waals surface area contributed by atoms with Crippen molar-refractivity contribution >= 4 is 15.7 Å². The third-order valence-electron chi connectivity index (χ3n) is 2.13. The normalized spacial score (nSPS) is 11.9. The lowest BCUT2D eigenvalue weighted by Crippen LogP contribution is -2.17. The number of sulfone groups is 1. The van der Waals surface area contributed by atoms with E-state index in [9.17, 15) is 8.42 Å². The van der Waals surface area contributed by atoms with E-state index in [1.54, 1.807) is 10.7 Å². The summed E-state index contributed by atoms with van der Waals surface area (Å²) in [7, 11) is -2.94. The molecule has 1 aromatic heterocycles. The second kappa shape index (κ2) is 4.65. The Bertz CT molecular complexity index is 423. The molecule has 0 saturated carbocycles. The molecular weight excluding hydrogens is 214 g/mol. The number of hydrogen-bond donors (Lipinski definition) is 1. The first-order valence-corrected chi connectivity index (χ1v) is 6.77. The van der Waals surface area contributed by atoms with Crippen LogP contribution < -0.4 is 5.73 Å². The van der Waals surface area contributed by atoms with Gasteiger partial charge < -0.3 is 5.73 Å². The molecule has 1 aromatic rings. The maximum absolute atomic E-state index is 11.4. The summed E-state index contributed by atoms with van der Waals surface area (Å²) in [6.07, 6.45) is 0.655. The molecule has 0 aromatic carbocycles. The summed E-state index contributed by atoms with van der Waals surface area (Å²) in [5.74, 6) is 0.798. The van der Waals surface area contributed by atoms with Crippen LogP contribution in [0.5, 0.6) is 0 Å². The second-order valence-corrected chi connectivity index (χ2v) is 5.89. The van der Waals surface area contributed by atoms with E-state index in [1.807, 2.05) is 13.8 Å². The van der Waals surface area contributed by atoms with Crippen LogP contribution in [0.3, 0.4) is 0 Å². The molecule has 0 spiro atoms. The van der Waals surface area contributed by atoms with Crippen LogP contribution in [0.2, 0.25) is 0 Å². The van der Waals surface area contributed by atoms with Crippen molar-refractivity contribution in [2.24, 2.45) is 0 Å². The highest BCUT2D eigenvalue weighted by Crippen LogP contribution is 2.05. The van der Waals surface area contributed by atoms with Crippen molar-refractivity contribution in [3.63, 3.8) is 0 Å². The molecule has 0 saturated heterocycles. The van der Waals surface area contributed by atoms with Crippen LogP contribution in [0.1, 0.15) is 19.0 Å². The third kappa shape index (κ3) is 3.54. The summed E-state index contributed by atoms with van der Waals surface area (Å²) in [6.45, 7) is 4.09. The van der Waals surface area contributed by atoms with Crippen molar-refractivity contribution in [2.75, 3.05) is 17.2 Å². The zero-order valence-electron chi connectivity index (χ0n) is 9.10. The van der Waals surface area contributed by atoms with Gasteiger partial charge in [0.15, 0.2) is 9.84 Å². The summed E-state index contributed by atoms with van der Waals surface area (Å²) in [5, 5.41) is 4.00. The molecule has 0 unspecified atom stereocenters. The molecule has 6 heteroatoms.